The van der Waals surface area contributed by atoms with Gasteiger partial charge in [0.2, 0.25) is 11.8 Å². The molecular weight excluding hydrogens is 342 g/mol. The molecule has 1 aliphatic rings. The van der Waals surface area contributed by atoms with E-state index in [0.717, 1.165) is 36.0 Å². The Morgan fingerprint density at radius 3 is 2.59 bits per heavy atom. The molecule has 1 aromatic carbocycles. The topological polar surface area (TPSA) is 65.8 Å². The first-order valence-electron chi connectivity index (χ1n) is 9.74. The molecule has 0 unspecified atom stereocenters. The standard InChI is InChI=1S/C21H29N3O3/c1-4-16-5-6-18-17(14-27-19(18)11-16)12-21(26)24-9-7-23(8-10-24)13-20(25)22-15(2)3/h5-6,11,14-15H,4,7-10,12-13H2,1-3H3,(H,22,25). The van der Waals surface area contributed by atoms with Crippen LogP contribution in [0.3, 0.4) is 0 Å². The highest BCUT2D eigenvalue weighted by molar-refractivity contribution is 5.88. The van der Waals surface area contributed by atoms with E-state index in [1.54, 1.807) is 6.26 Å². The number of carbonyl (C=O) groups excluding carboxylic acids is 2. The normalized spacial score (nSPS) is 15.5. The van der Waals surface area contributed by atoms with E-state index in [0.29, 0.717) is 26.1 Å². The summed E-state index contributed by atoms with van der Waals surface area (Å²) >= 11 is 0. The zero-order chi connectivity index (χ0) is 19.4. The number of piperazine rings is 1. The van der Waals surface area contributed by atoms with Gasteiger partial charge in [-0.3, -0.25) is 14.5 Å². The summed E-state index contributed by atoms with van der Waals surface area (Å²) in [5.41, 5.74) is 3.02. The third kappa shape index (κ3) is 4.89. The number of rotatable bonds is 6. The molecule has 1 saturated heterocycles. The summed E-state index contributed by atoms with van der Waals surface area (Å²) in [6.45, 7) is 9.18. The van der Waals surface area contributed by atoms with Gasteiger partial charge in [-0.05, 0) is 31.9 Å². The van der Waals surface area contributed by atoms with Gasteiger partial charge in [0.15, 0.2) is 0 Å². The van der Waals surface area contributed by atoms with Crippen LogP contribution < -0.4 is 5.32 Å². The van der Waals surface area contributed by atoms with Crippen molar-refractivity contribution in [2.24, 2.45) is 0 Å². The summed E-state index contributed by atoms with van der Waals surface area (Å²) < 4.78 is 5.65. The van der Waals surface area contributed by atoms with Crippen molar-refractivity contribution in [3.63, 3.8) is 0 Å². The van der Waals surface area contributed by atoms with E-state index < -0.39 is 0 Å². The predicted octanol–water partition coefficient (Wildman–Crippen LogP) is 2.21. The Morgan fingerprint density at radius 1 is 1.19 bits per heavy atom. The average molecular weight is 371 g/mol. The van der Waals surface area contributed by atoms with Crippen LogP contribution in [0.15, 0.2) is 28.9 Å². The van der Waals surface area contributed by atoms with Crippen LogP contribution in [0, 0.1) is 0 Å². The number of hydrogen-bond acceptors (Lipinski definition) is 4. The molecule has 0 saturated carbocycles. The molecule has 2 heterocycles. The van der Waals surface area contributed by atoms with Gasteiger partial charge in [-0.1, -0.05) is 19.1 Å². The Bertz CT molecular complexity index is 804. The van der Waals surface area contributed by atoms with E-state index in [4.69, 9.17) is 4.42 Å². The molecule has 6 nitrogen and oxygen atoms in total. The molecule has 2 aromatic rings. The number of carbonyl (C=O) groups is 2. The molecule has 1 fully saturated rings. The third-order valence-electron chi connectivity index (χ3n) is 5.01. The van der Waals surface area contributed by atoms with Gasteiger partial charge in [0, 0.05) is 43.2 Å². The number of amides is 2. The molecule has 6 heteroatoms. The monoisotopic (exact) mass is 371 g/mol. The van der Waals surface area contributed by atoms with Gasteiger partial charge in [-0.2, -0.15) is 0 Å². The highest BCUT2D eigenvalue weighted by Gasteiger charge is 2.23. The predicted molar refractivity (Wildman–Crippen MR) is 106 cm³/mol. The summed E-state index contributed by atoms with van der Waals surface area (Å²) in [5, 5.41) is 3.93. The maximum absolute atomic E-state index is 12.7. The largest absolute Gasteiger partial charge is 0.464 e. The quantitative estimate of drug-likeness (QED) is 0.845. The molecule has 146 valence electrons. The van der Waals surface area contributed by atoms with Gasteiger partial charge in [0.05, 0.1) is 19.2 Å². The van der Waals surface area contributed by atoms with E-state index in [-0.39, 0.29) is 17.9 Å². The first-order valence-corrected chi connectivity index (χ1v) is 9.74. The third-order valence-corrected chi connectivity index (χ3v) is 5.01. The fraction of sp³-hybridized carbons (Fsp3) is 0.524. The minimum atomic E-state index is 0.0427. The second-order valence-corrected chi connectivity index (χ2v) is 7.50. The maximum atomic E-state index is 12.7. The molecule has 1 N–H and O–H groups in total. The molecule has 0 radical (unpaired) electrons. The molecule has 3 rings (SSSR count). The minimum Gasteiger partial charge on any atom is -0.464 e. The van der Waals surface area contributed by atoms with E-state index in [2.05, 4.69) is 23.2 Å². The van der Waals surface area contributed by atoms with Crippen LogP contribution in [-0.2, 0) is 22.4 Å². The van der Waals surface area contributed by atoms with E-state index in [1.165, 1.54) is 5.56 Å². The lowest BCUT2D eigenvalue weighted by atomic mass is 10.1. The van der Waals surface area contributed by atoms with Crippen LogP contribution in [0.25, 0.3) is 11.0 Å². The minimum absolute atomic E-state index is 0.0427. The number of aryl methyl sites for hydroxylation is 1. The molecule has 27 heavy (non-hydrogen) atoms. The highest BCUT2D eigenvalue weighted by atomic mass is 16.3. The van der Waals surface area contributed by atoms with Crippen molar-refractivity contribution in [1.29, 1.82) is 0 Å². The second kappa shape index (κ2) is 8.57. The van der Waals surface area contributed by atoms with Crippen LogP contribution in [0.2, 0.25) is 0 Å². The lowest BCUT2D eigenvalue weighted by Crippen LogP contribution is -2.51. The number of hydrogen-bond donors (Lipinski definition) is 1. The van der Waals surface area contributed by atoms with Gasteiger partial charge in [0.25, 0.3) is 0 Å². The Hall–Kier alpha value is -2.34. The van der Waals surface area contributed by atoms with Crippen LogP contribution in [0.4, 0.5) is 0 Å². The zero-order valence-corrected chi connectivity index (χ0v) is 16.5. The molecule has 0 bridgehead atoms. The van der Waals surface area contributed by atoms with Gasteiger partial charge in [-0.25, -0.2) is 0 Å². The molecular formula is C21H29N3O3. The zero-order valence-electron chi connectivity index (χ0n) is 16.5. The number of fused-ring (bicyclic) bond motifs is 1. The number of benzene rings is 1. The summed E-state index contributed by atoms with van der Waals surface area (Å²) in [6, 6.07) is 6.33. The Morgan fingerprint density at radius 2 is 1.93 bits per heavy atom. The lowest BCUT2D eigenvalue weighted by molar-refractivity contribution is -0.132. The van der Waals surface area contributed by atoms with Gasteiger partial charge in [0.1, 0.15) is 5.58 Å². The van der Waals surface area contributed by atoms with Crippen molar-refractivity contribution in [3.8, 4) is 0 Å². The maximum Gasteiger partial charge on any atom is 0.234 e. The van der Waals surface area contributed by atoms with Gasteiger partial charge >= 0.3 is 0 Å². The summed E-state index contributed by atoms with van der Waals surface area (Å²) in [6.07, 6.45) is 3.02. The fourth-order valence-corrected chi connectivity index (χ4v) is 3.49. The van der Waals surface area contributed by atoms with E-state index in [9.17, 15) is 9.59 Å². The van der Waals surface area contributed by atoms with Crippen molar-refractivity contribution in [2.45, 2.75) is 39.7 Å². The summed E-state index contributed by atoms with van der Waals surface area (Å²) in [7, 11) is 0. The van der Waals surface area contributed by atoms with E-state index in [1.807, 2.05) is 30.9 Å². The fourth-order valence-electron chi connectivity index (χ4n) is 3.49. The molecule has 1 aromatic heterocycles. The van der Waals surface area contributed by atoms with Crippen LogP contribution >= 0.6 is 0 Å². The first kappa shape index (κ1) is 19.4. The Labute approximate surface area is 160 Å². The van der Waals surface area contributed by atoms with Crippen LogP contribution in [-0.4, -0.2) is 60.4 Å². The average Bonchev–Trinajstić information content (AvgIpc) is 3.03. The van der Waals surface area contributed by atoms with Gasteiger partial charge < -0.3 is 14.6 Å². The van der Waals surface area contributed by atoms with Crippen LogP contribution in [0.1, 0.15) is 31.9 Å². The molecule has 0 atom stereocenters. The smallest absolute Gasteiger partial charge is 0.234 e. The summed E-state index contributed by atoms with van der Waals surface area (Å²) in [4.78, 5) is 28.6. The SMILES string of the molecule is CCc1ccc2c(CC(=O)N3CCN(CC(=O)NC(C)C)CC3)coc2c1. The van der Waals surface area contributed by atoms with Gasteiger partial charge in [-0.15, -0.1) is 0 Å². The van der Waals surface area contributed by atoms with Crippen molar-refractivity contribution >= 4 is 22.8 Å². The van der Waals surface area contributed by atoms with Crippen molar-refractivity contribution in [3.05, 3.63) is 35.6 Å². The Kier molecular flexibility index (Phi) is 6.16. The molecule has 1 aliphatic heterocycles. The summed E-state index contributed by atoms with van der Waals surface area (Å²) in [5.74, 6) is 0.157. The lowest BCUT2D eigenvalue weighted by Gasteiger charge is -2.34. The molecule has 2 amide bonds. The number of furan rings is 1. The Balaban J connectivity index is 1.53. The first-order chi connectivity index (χ1) is 13.0. The second-order valence-electron chi connectivity index (χ2n) is 7.50. The molecule has 0 spiro atoms. The van der Waals surface area contributed by atoms with Crippen molar-refractivity contribution < 1.29 is 14.0 Å². The number of nitrogens with one attached hydrogen (secondary N) is 1. The molecule has 0 aliphatic carbocycles. The van der Waals surface area contributed by atoms with E-state index >= 15 is 0 Å². The highest BCUT2D eigenvalue weighted by Crippen LogP contribution is 2.23. The van der Waals surface area contributed by atoms with Crippen LogP contribution in [0.5, 0.6) is 0 Å². The van der Waals surface area contributed by atoms with Crippen molar-refractivity contribution in [2.75, 3.05) is 32.7 Å². The van der Waals surface area contributed by atoms with Crippen molar-refractivity contribution in [1.82, 2.24) is 15.1 Å². The number of nitrogens with zero attached hydrogens (tertiary/aromatic N) is 2.